The van der Waals surface area contributed by atoms with E-state index in [-0.39, 0.29) is 0 Å². The Labute approximate surface area is 677 Å². The van der Waals surface area contributed by atoms with Crippen molar-refractivity contribution in [2.24, 2.45) is 0 Å². The molecule has 0 radical (unpaired) electrons. The van der Waals surface area contributed by atoms with Gasteiger partial charge in [0.2, 0.25) is 0 Å². The largest absolute Gasteiger partial charge is 0.0622 e. The third kappa shape index (κ3) is 13.7. The van der Waals surface area contributed by atoms with Crippen molar-refractivity contribution in [1.29, 1.82) is 0 Å². The summed E-state index contributed by atoms with van der Waals surface area (Å²) in [5.74, 6) is 7.00. The number of rotatable bonds is 12. The van der Waals surface area contributed by atoms with Crippen LogP contribution < -0.4 is 0 Å². The smallest absolute Gasteiger partial charge is 0.0327 e. The standard InChI is InChI=1S/2C58H38/c1-5-15-39(16-6-1)42-25-29-45(30-26-42)57-49-23-13-14-24-50(49)58(46-31-27-43(28-32-46)40-17-7-2-8-18-40)56-38-54-52-35-47(41-19-9-3-10-20-41)33-34-48(52)36-51(53(54)37-55(56)57)44-21-11-4-12-22-44;1-5-15-41(16-6-1)25-26-47-31-36-50(44-21-11-4-12-22-44)39-55(47)51-37-38-54-56(40-51)58(49-34-29-46(30-35-49)43-19-9-3-10-20-43)53-24-14-13-23-52(53)57(54)48-32-27-45(28-33-48)42-17-7-2-8-18-42/h1-38H;1-24,27-40H. The quantitative estimate of drug-likeness (QED) is 0.0650. The van der Waals surface area contributed by atoms with Gasteiger partial charge in [-0.2, -0.15) is 0 Å². The summed E-state index contributed by atoms with van der Waals surface area (Å²) in [7, 11) is 0. The van der Waals surface area contributed by atoms with Crippen LogP contribution >= 0.6 is 0 Å². The monoisotopic (exact) mass is 1470 g/mol. The van der Waals surface area contributed by atoms with E-state index in [4.69, 9.17) is 0 Å². The van der Waals surface area contributed by atoms with Crippen LogP contribution in [0.3, 0.4) is 0 Å². The Kier molecular flexibility index (Phi) is 18.8. The van der Waals surface area contributed by atoms with Crippen molar-refractivity contribution in [1.82, 2.24) is 0 Å². The minimum atomic E-state index is 0.995. The number of fused-ring (bicyclic) bond motifs is 7. The topological polar surface area (TPSA) is 0 Å². The lowest BCUT2D eigenvalue weighted by atomic mass is 9.82. The van der Waals surface area contributed by atoms with Crippen molar-refractivity contribution in [2.45, 2.75) is 0 Å². The minimum Gasteiger partial charge on any atom is -0.0622 e. The molecule has 0 unspecified atom stereocenters. The van der Waals surface area contributed by atoms with Crippen LogP contribution in [-0.4, -0.2) is 0 Å². The molecule has 0 atom stereocenters. The fraction of sp³-hybridized carbons (Fsp3) is 0. The number of hydrogen-bond acceptors (Lipinski definition) is 0. The zero-order valence-corrected chi connectivity index (χ0v) is 63.9. The molecule has 0 saturated heterocycles. The van der Waals surface area contributed by atoms with Crippen LogP contribution in [0.15, 0.2) is 461 Å². The maximum atomic E-state index is 3.56. The molecule has 21 aromatic carbocycles. The summed E-state index contributed by atoms with van der Waals surface area (Å²) in [6, 6.07) is 168. The fourth-order valence-electron chi connectivity index (χ4n) is 17.3. The Morgan fingerprint density at radius 3 is 0.784 bits per heavy atom. The normalized spacial score (nSPS) is 11.2. The Morgan fingerprint density at radius 2 is 0.388 bits per heavy atom. The molecule has 0 aromatic heterocycles. The highest BCUT2D eigenvalue weighted by Crippen LogP contribution is 2.50. The maximum absolute atomic E-state index is 3.56. The van der Waals surface area contributed by atoms with Crippen LogP contribution in [0.2, 0.25) is 0 Å². The van der Waals surface area contributed by atoms with Gasteiger partial charge in [0.15, 0.2) is 0 Å². The van der Waals surface area contributed by atoms with E-state index in [0.717, 1.165) is 27.8 Å². The molecule has 0 aliphatic rings. The highest BCUT2D eigenvalue weighted by Gasteiger charge is 2.23. The first-order valence-corrected chi connectivity index (χ1v) is 39.9. The van der Waals surface area contributed by atoms with E-state index in [0.29, 0.717) is 0 Å². The molecule has 0 fully saturated rings. The summed E-state index contributed by atoms with van der Waals surface area (Å²) in [6.45, 7) is 0. The van der Waals surface area contributed by atoms with Gasteiger partial charge in [0.25, 0.3) is 0 Å². The average molecular weight is 1470 g/mol. The van der Waals surface area contributed by atoms with E-state index in [1.54, 1.807) is 0 Å². The summed E-state index contributed by atoms with van der Waals surface area (Å²) in [5.41, 5.74) is 30.9. The van der Waals surface area contributed by atoms with Crippen molar-refractivity contribution in [2.75, 3.05) is 0 Å². The highest BCUT2D eigenvalue weighted by molar-refractivity contribution is 6.28. The third-order valence-electron chi connectivity index (χ3n) is 23.0. The predicted molar refractivity (Wildman–Crippen MR) is 496 cm³/mol. The van der Waals surface area contributed by atoms with Crippen LogP contribution in [-0.2, 0) is 0 Å². The van der Waals surface area contributed by atoms with Gasteiger partial charge in [0, 0.05) is 11.1 Å². The Hall–Kier alpha value is -15.3. The van der Waals surface area contributed by atoms with E-state index in [1.807, 2.05) is 18.2 Å². The number of hydrogen-bond donors (Lipinski definition) is 0. The minimum absolute atomic E-state index is 0.995. The molecule has 116 heavy (non-hydrogen) atoms. The molecule has 0 N–H and O–H groups in total. The average Bonchev–Trinajstić information content (AvgIpc) is 0.759. The SMILES string of the molecule is C(#Cc1ccc(-c2ccccc2)cc1-c1ccc2c(-c3ccc(-c4ccccc4)cc3)c3ccccc3c(-c3ccc(-c4ccccc4)cc3)c2c1)c1ccccc1.c1ccc(-c2ccc(-c3c4ccccc4c(-c4ccc(-c5ccccc5)cc4)c4cc5c(cc34)c(-c3ccccc3)cc3ccc(-c4ccccc4)cc35)cc2)cc1. The molecule has 0 saturated carbocycles. The molecule has 0 heteroatoms. The van der Waals surface area contributed by atoms with Crippen LogP contribution in [0.25, 0.3) is 198 Å². The van der Waals surface area contributed by atoms with Gasteiger partial charge in [0.05, 0.1) is 0 Å². The van der Waals surface area contributed by atoms with Crippen LogP contribution in [0.1, 0.15) is 11.1 Å². The summed E-state index contributed by atoms with van der Waals surface area (Å²) >= 11 is 0. The predicted octanol–water partition coefficient (Wildman–Crippen LogP) is 31.7. The van der Waals surface area contributed by atoms with Crippen LogP contribution in [0.5, 0.6) is 0 Å². The van der Waals surface area contributed by atoms with Gasteiger partial charge in [0.1, 0.15) is 0 Å². The lowest BCUT2D eigenvalue weighted by Crippen LogP contribution is -1.93. The van der Waals surface area contributed by atoms with Crippen molar-refractivity contribution in [3.8, 4) is 145 Å². The van der Waals surface area contributed by atoms with E-state index in [9.17, 15) is 0 Å². The van der Waals surface area contributed by atoms with Crippen molar-refractivity contribution < 1.29 is 0 Å². The molecule has 540 valence electrons. The lowest BCUT2D eigenvalue weighted by Gasteiger charge is -2.21. The van der Waals surface area contributed by atoms with Gasteiger partial charge >= 0.3 is 0 Å². The van der Waals surface area contributed by atoms with E-state index < -0.39 is 0 Å². The first-order chi connectivity index (χ1) is 57.5. The highest BCUT2D eigenvalue weighted by atomic mass is 14.3. The Bertz CT molecular complexity index is 7240. The molecule has 0 amide bonds. The molecule has 0 bridgehead atoms. The van der Waals surface area contributed by atoms with Crippen molar-refractivity contribution in [3.63, 3.8) is 0 Å². The summed E-state index contributed by atoms with van der Waals surface area (Å²) in [6.07, 6.45) is 0. The van der Waals surface area contributed by atoms with Gasteiger partial charge in [-0.1, -0.05) is 418 Å². The van der Waals surface area contributed by atoms with Gasteiger partial charge in [-0.25, -0.2) is 0 Å². The zero-order chi connectivity index (χ0) is 77.1. The van der Waals surface area contributed by atoms with Gasteiger partial charge < -0.3 is 0 Å². The second-order valence-corrected chi connectivity index (χ2v) is 29.9. The van der Waals surface area contributed by atoms with E-state index >= 15 is 0 Å². The molecule has 0 aliphatic heterocycles. The molecular weight excluding hydrogens is 1390 g/mol. The van der Waals surface area contributed by atoms with Gasteiger partial charge in [-0.05, 0) is 253 Å². The van der Waals surface area contributed by atoms with E-state index in [1.165, 1.54) is 181 Å². The summed E-state index contributed by atoms with van der Waals surface area (Å²) in [4.78, 5) is 0. The number of benzene rings is 21. The fourth-order valence-corrected chi connectivity index (χ4v) is 17.3. The van der Waals surface area contributed by atoms with Crippen LogP contribution in [0, 0.1) is 11.8 Å². The molecule has 0 aliphatic carbocycles. The second kappa shape index (κ2) is 31.1. The Morgan fingerprint density at radius 1 is 0.121 bits per heavy atom. The van der Waals surface area contributed by atoms with Gasteiger partial charge in [-0.3, -0.25) is 0 Å². The molecule has 0 heterocycles. The Balaban J connectivity index is 0.000000150. The molecule has 0 nitrogen and oxygen atoms in total. The van der Waals surface area contributed by atoms with E-state index in [2.05, 4.69) is 455 Å². The summed E-state index contributed by atoms with van der Waals surface area (Å²) < 4.78 is 0. The van der Waals surface area contributed by atoms with Crippen molar-refractivity contribution >= 4 is 64.6 Å². The molecule has 0 spiro atoms. The lowest BCUT2D eigenvalue weighted by molar-refractivity contribution is 1.56. The third-order valence-corrected chi connectivity index (χ3v) is 23.0. The first kappa shape index (κ1) is 69.9. The maximum Gasteiger partial charge on any atom is 0.0327 e. The first-order valence-electron chi connectivity index (χ1n) is 39.9. The molecule has 21 aromatic rings. The zero-order valence-electron chi connectivity index (χ0n) is 63.9. The second-order valence-electron chi connectivity index (χ2n) is 29.9. The van der Waals surface area contributed by atoms with Gasteiger partial charge in [-0.15, -0.1) is 0 Å². The molecule has 21 rings (SSSR count). The van der Waals surface area contributed by atoms with Crippen LogP contribution in [0.4, 0.5) is 0 Å². The van der Waals surface area contributed by atoms with Crippen molar-refractivity contribution in [3.05, 3.63) is 472 Å². The summed E-state index contributed by atoms with van der Waals surface area (Å²) in [5, 5.41) is 14.9. The molecular formula is C116H76.